The molecular weight excluding hydrogens is 350 g/mol. The van der Waals surface area contributed by atoms with E-state index in [0.29, 0.717) is 6.61 Å². The second-order valence-electron chi connectivity index (χ2n) is 7.11. The van der Waals surface area contributed by atoms with Gasteiger partial charge in [-0.1, -0.05) is 36.2 Å². The van der Waals surface area contributed by atoms with Gasteiger partial charge in [0.2, 0.25) is 0 Å². The molecule has 0 unspecified atom stereocenters. The van der Waals surface area contributed by atoms with Crippen LogP contribution in [0.15, 0.2) is 30.3 Å². The van der Waals surface area contributed by atoms with Gasteiger partial charge in [-0.3, -0.25) is 4.79 Å². The van der Waals surface area contributed by atoms with Gasteiger partial charge in [0, 0.05) is 29.6 Å². The maximum atomic E-state index is 11.9. The number of aryl methyl sites for hydroxylation is 1. The maximum absolute atomic E-state index is 11.9. The fourth-order valence-electron chi connectivity index (χ4n) is 4.15. The van der Waals surface area contributed by atoms with Crippen LogP contribution in [-0.2, 0) is 21.5 Å². The summed E-state index contributed by atoms with van der Waals surface area (Å²) in [7, 11) is 0. The molecule has 2 heterocycles. The topological polar surface area (TPSA) is 47.4 Å². The fraction of sp³-hybridized carbons (Fsp3) is 0.500. The molecule has 5 nitrogen and oxygen atoms in total. The van der Waals surface area contributed by atoms with Crippen LogP contribution in [0.4, 0.5) is 5.82 Å². The normalized spacial score (nSPS) is 18.2. The predicted molar refractivity (Wildman–Crippen MR) is 102 cm³/mol. The second-order valence-corrected chi connectivity index (χ2v) is 7.51. The molecule has 0 radical (unpaired) electrons. The van der Waals surface area contributed by atoms with Crippen LogP contribution in [0.25, 0.3) is 0 Å². The van der Waals surface area contributed by atoms with Crippen LogP contribution >= 0.6 is 11.6 Å². The van der Waals surface area contributed by atoms with Crippen molar-refractivity contribution in [2.75, 3.05) is 24.6 Å². The number of rotatable bonds is 5. The van der Waals surface area contributed by atoms with E-state index in [1.165, 1.54) is 12.0 Å². The zero-order valence-electron chi connectivity index (χ0n) is 15.1. The molecule has 0 saturated heterocycles. The molecular formula is C20H24ClN3O2. The Morgan fingerprint density at radius 3 is 2.77 bits per heavy atom. The van der Waals surface area contributed by atoms with E-state index < -0.39 is 0 Å². The van der Waals surface area contributed by atoms with Crippen molar-refractivity contribution >= 4 is 23.4 Å². The fourth-order valence-corrected chi connectivity index (χ4v) is 4.47. The van der Waals surface area contributed by atoms with Crippen LogP contribution in [-0.4, -0.2) is 35.4 Å². The van der Waals surface area contributed by atoms with E-state index in [4.69, 9.17) is 21.4 Å². The summed E-state index contributed by atoms with van der Waals surface area (Å²) in [5, 5.41) is 5.74. The van der Waals surface area contributed by atoms with Gasteiger partial charge < -0.3 is 9.64 Å². The van der Waals surface area contributed by atoms with E-state index in [9.17, 15) is 4.79 Å². The van der Waals surface area contributed by atoms with Crippen LogP contribution in [0.2, 0.25) is 5.02 Å². The number of carbonyl (C=O) groups excluding carboxylic acids is 1. The third-order valence-electron chi connectivity index (χ3n) is 5.59. The molecule has 26 heavy (non-hydrogen) atoms. The van der Waals surface area contributed by atoms with Crippen LogP contribution in [0.1, 0.15) is 43.9 Å². The highest BCUT2D eigenvalue weighted by atomic mass is 35.5. The van der Waals surface area contributed by atoms with Crippen molar-refractivity contribution in [1.29, 1.82) is 0 Å². The number of ether oxygens (including phenoxy) is 1. The third kappa shape index (κ3) is 2.88. The van der Waals surface area contributed by atoms with E-state index in [-0.39, 0.29) is 17.9 Å². The highest BCUT2D eigenvalue weighted by molar-refractivity contribution is 6.31. The molecule has 1 aliphatic carbocycles. The summed E-state index contributed by atoms with van der Waals surface area (Å²) in [6.45, 7) is 4.25. The minimum absolute atomic E-state index is 0.0989. The lowest BCUT2D eigenvalue weighted by molar-refractivity contribution is -0.141. The molecule has 1 aliphatic heterocycles. The standard InChI is InChI=1S/C20H24ClN3O2/c1-2-26-19(25)14-23-11-6-12-24-18(23)13-17(22-24)20(9-5-10-20)15-7-3-4-8-16(15)21/h3-4,7-8,13H,2,5-6,9-12,14H2,1H3. The summed E-state index contributed by atoms with van der Waals surface area (Å²) in [5.41, 5.74) is 2.14. The van der Waals surface area contributed by atoms with Crippen LogP contribution in [0.3, 0.4) is 0 Å². The van der Waals surface area contributed by atoms with Crippen molar-refractivity contribution in [3.63, 3.8) is 0 Å². The smallest absolute Gasteiger partial charge is 0.325 e. The summed E-state index contributed by atoms with van der Waals surface area (Å²) in [6, 6.07) is 10.2. The number of benzene rings is 1. The lowest BCUT2D eigenvalue weighted by atomic mass is 9.62. The molecule has 1 aromatic heterocycles. The Balaban J connectivity index is 1.68. The molecule has 4 rings (SSSR count). The van der Waals surface area contributed by atoms with Gasteiger partial charge in [0.1, 0.15) is 12.4 Å². The highest BCUT2D eigenvalue weighted by Crippen LogP contribution is 2.51. The molecule has 6 heteroatoms. The molecule has 1 fully saturated rings. The molecule has 2 aliphatic rings. The quantitative estimate of drug-likeness (QED) is 0.748. The Labute approximate surface area is 158 Å². The molecule has 2 aromatic rings. The Hall–Kier alpha value is -2.01. The van der Waals surface area contributed by atoms with Crippen molar-refractivity contribution in [2.45, 2.75) is 44.6 Å². The van der Waals surface area contributed by atoms with Crippen molar-refractivity contribution in [1.82, 2.24) is 9.78 Å². The predicted octanol–water partition coefficient (Wildman–Crippen LogP) is 3.78. The minimum Gasteiger partial charge on any atom is -0.465 e. The third-order valence-corrected chi connectivity index (χ3v) is 5.92. The van der Waals surface area contributed by atoms with Crippen LogP contribution in [0.5, 0.6) is 0 Å². The molecule has 0 atom stereocenters. The van der Waals surface area contributed by atoms with Crippen molar-refractivity contribution in [3.05, 3.63) is 46.6 Å². The Morgan fingerprint density at radius 1 is 1.27 bits per heavy atom. The zero-order valence-corrected chi connectivity index (χ0v) is 15.8. The van der Waals surface area contributed by atoms with Crippen molar-refractivity contribution < 1.29 is 9.53 Å². The number of fused-ring (bicyclic) bond motifs is 1. The number of esters is 1. The molecule has 0 N–H and O–H groups in total. The molecule has 0 amide bonds. The molecule has 138 valence electrons. The van der Waals surface area contributed by atoms with Gasteiger partial charge >= 0.3 is 5.97 Å². The van der Waals surface area contributed by atoms with Crippen LogP contribution in [0, 0.1) is 0 Å². The average Bonchev–Trinajstić information content (AvgIpc) is 3.01. The number of anilines is 1. The van der Waals surface area contributed by atoms with Gasteiger partial charge in [0.05, 0.1) is 12.3 Å². The van der Waals surface area contributed by atoms with Crippen molar-refractivity contribution in [2.24, 2.45) is 0 Å². The van der Waals surface area contributed by atoms with Gasteiger partial charge in [0.15, 0.2) is 0 Å². The molecule has 0 bridgehead atoms. The monoisotopic (exact) mass is 373 g/mol. The zero-order chi connectivity index (χ0) is 18.1. The van der Waals surface area contributed by atoms with E-state index in [2.05, 4.69) is 17.0 Å². The lowest BCUT2D eigenvalue weighted by Gasteiger charge is -2.41. The number of hydrogen-bond donors (Lipinski definition) is 0. The maximum Gasteiger partial charge on any atom is 0.325 e. The van der Waals surface area contributed by atoms with Gasteiger partial charge in [-0.25, -0.2) is 4.68 Å². The van der Waals surface area contributed by atoms with Gasteiger partial charge in [-0.2, -0.15) is 5.10 Å². The summed E-state index contributed by atoms with van der Waals surface area (Å²) < 4.78 is 7.16. The number of halogens is 1. The first kappa shape index (κ1) is 17.4. The van der Waals surface area contributed by atoms with Gasteiger partial charge in [-0.15, -0.1) is 0 Å². The van der Waals surface area contributed by atoms with E-state index >= 15 is 0 Å². The molecule has 0 spiro atoms. The second kappa shape index (κ2) is 6.95. The molecule has 1 aromatic carbocycles. The summed E-state index contributed by atoms with van der Waals surface area (Å²) in [5.74, 6) is 0.825. The largest absolute Gasteiger partial charge is 0.465 e. The first-order valence-electron chi connectivity index (χ1n) is 9.38. The summed E-state index contributed by atoms with van der Waals surface area (Å²) in [4.78, 5) is 14.0. The number of aromatic nitrogens is 2. The highest BCUT2D eigenvalue weighted by Gasteiger charge is 2.44. The Kier molecular flexibility index (Phi) is 4.65. The first-order valence-corrected chi connectivity index (χ1v) is 9.76. The van der Waals surface area contributed by atoms with E-state index in [1.54, 1.807) is 0 Å². The van der Waals surface area contributed by atoms with Gasteiger partial charge in [-0.05, 0) is 37.8 Å². The summed E-state index contributed by atoms with van der Waals surface area (Å²) >= 11 is 6.52. The number of carbonyl (C=O) groups is 1. The van der Waals surface area contributed by atoms with E-state index in [0.717, 1.165) is 48.9 Å². The van der Waals surface area contributed by atoms with E-state index in [1.807, 2.05) is 29.8 Å². The first-order chi connectivity index (χ1) is 12.6. The average molecular weight is 374 g/mol. The number of hydrogen-bond acceptors (Lipinski definition) is 4. The Morgan fingerprint density at radius 2 is 2.08 bits per heavy atom. The van der Waals surface area contributed by atoms with Crippen molar-refractivity contribution in [3.8, 4) is 0 Å². The summed E-state index contributed by atoms with van der Waals surface area (Å²) in [6.07, 6.45) is 4.28. The minimum atomic E-state index is -0.187. The molecule has 1 saturated carbocycles. The Bertz CT molecular complexity index is 813. The lowest BCUT2D eigenvalue weighted by Crippen LogP contribution is -2.37. The SMILES string of the molecule is CCOC(=O)CN1CCCn2nc(C3(c4ccccc4Cl)CCC3)cc21. The van der Waals surface area contributed by atoms with Crippen LogP contribution < -0.4 is 4.90 Å². The number of nitrogens with zero attached hydrogens (tertiary/aromatic N) is 3. The van der Waals surface area contributed by atoms with Gasteiger partial charge in [0.25, 0.3) is 0 Å².